The van der Waals surface area contributed by atoms with Crippen molar-refractivity contribution in [1.82, 2.24) is 15.0 Å². The van der Waals surface area contributed by atoms with E-state index in [9.17, 15) is 4.79 Å². The minimum absolute atomic E-state index is 0.352. The molecule has 142 valence electrons. The summed E-state index contributed by atoms with van der Waals surface area (Å²) in [5.74, 6) is 1.64. The predicted molar refractivity (Wildman–Crippen MR) is 104 cm³/mol. The van der Waals surface area contributed by atoms with Gasteiger partial charge in [-0.3, -0.25) is 0 Å². The van der Waals surface area contributed by atoms with Gasteiger partial charge in [-0.1, -0.05) is 0 Å². The molecule has 2 aliphatic heterocycles. The molecule has 0 spiro atoms. The van der Waals surface area contributed by atoms with Crippen LogP contribution in [0.25, 0.3) is 0 Å². The molecule has 2 aromatic rings. The molecule has 0 aliphatic carbocycles. The molecule has 0 bridgehead atoms. The fraction of sp³-hybridized carbons (Fsp3) is 0.474. The van der Waals surface area contributed by atoms with Gasteiger partial charge in [0.05, 0.1) is 12.7 Å². The Morgan fingerprint density at radius 1 is 0.889 bits per heavy atom. The Kier molecular flexibility index (Phi) is 5.04. The minimum Gasteiger partial charge on any atom is -0.465 e. The predicted octanol–water partition coefficient (Wildman–Crippen LogP) is 2.60. The smallest absolute Gasteiger partial charge is 0.337 e. The van der Waals surface area contributed by atoms with Crippen molar-refractivity contribution >= 4 is 29.5 Å². The van der Waals surface area contributed by atoms with E-state index in [1.54, 1.807) is 12.1 Å². The first-order valence-electron chi connectivity index (χ1n) is 9.44. The molecule has 8 heteroatoms. The zero-order valence-corrected chi connectivity index (χ0v) is 15.5. The van der Waals surface area contributed by atoms with Crippen molar-refractivity contribution in [3.05, 3.63) is 29.8 Å². The van der Waals surface area contributed by atoms with Crippen molar-refractivity contribution in [3.8, 4) is 0 Å². The number of nitrogens with zero attached hydrogens (tertiary/aromatic N) is 5. The lowest BCUT2D eigenvalue weighted by atomic mass is 10.2. The van der Waals surface area contributed by atoms with Crippen LogP contribution in [0.1, 0.15) is 36.0 Å². The van der Waals surface area contributed by atoms with E-state index in [0.717, 1.165) is 43.8 Å². The van der Waals surface area contributed by atoms with Gasteiger partial charge >= 0.3 is 5.97 Å². The summed E-state index contributed by atoms with van der Waals surface area (Å²) in [5.41, 5.74) is 1.32. The normalized spacial score (nSPS) is 16.6. The largest absolute Gasteiger partial charge is 0.465 e. The number of methoxy groups -OCH3 is 1. The highest BCUT2D eigenvalue weighted by Crippen LogP contribution is 2.24. The summed E-state index contributed by atoms with van der Waals surface area (Å²) in [5, 5.41) is 3.25. The van der Waals surface area contributed by atoms with Gasteiger partial charge in [0.15, 0.2) is 0 Å². The molecule has 0 amide bonds. The fourth-order valence-electron chi connectivity index (χ4n) is 3.46. The first kappa shape index (κ1) is 17.5. The number of ether oxygens (including phenoxy) is 1. The number of benzene rings is 1. The molecule has 8 nitrogen and oxygen atoms in total. The molecule has 3 heterocycles. The highest BCUT2D eigenvalue weighted by atomic mass is 16.5. The number of hydrogen-bond acceptors (Lipinski definition) is 8. The number of carbonyl (C=O) groups excluding carboxylic acids is 1. The van der Waals surface area contributed by atoms with Crippen LogP contribution in [0.3, 0.4) is 0 Å². The maximum atomic E-state index is 11.6. The van der Waals surface area contributed by atoms with Gasteiger partial charge in [0.2, 0.25) is 17.8 Å². The molecule has 0 unspecified atom stereocenters. The quantitative estimate of drug-likeness (QED) is 0.807. The second kappa shape index (κ2) is 7.77. The van der Waals surface area contributed by atoms with Crippen LogP contribution in [-0.4, -0.2) is 54.2 Å². The number of carbonyl (C=O) groups is 1. The Balaban J connectivity index is 1.59. The van der Waals surface area contributed by atoms with Crippen LogP contribution in [0.5, 0.6) is 0 Å². The summed E-state index contributed by atoms with van der Waals surface area (Å²) in [6.45, 7) is 3.93. The second-order valence-electron chi connectivity index (χ2n) is 6.84. The van der Waals surface area contributed by atoms with E-state index in [1.165, 1.54) is 32.8 Å². The number of nitrogens with one attached hydrogen (secondary N) is 1. The molecule has 0 radical (unpaired) electrons. The van der Waals surface area contributed by atoms with Crippen molar-refractivity contribution in [1.29, 1.82) is 0 Å². The summed E-state index contributed by atoms with van der Waals surface area (Å²) in [6.07, 6.45) is 4.68. The van der Waals surface area contributed by atoms with E-state index in [2.05, 4.69) is 25.1 Å². The lowest BCUT2D eigenvalue weighted by Gasteiger charge is -2.20. The number of anilines is 4. The Labute approximate surface area is 158 Å². The van der Waals surface area contributed by atoms with Gasteiger partial charge in [0.1, 0.15) is 0 Å². The van der Waals surface area contributed by atoms with Gasteiger partial charge < -0.3 is 19.9 Å². The van der Waals surface area contributed by atoms with Crippen LogP contribution in [0.15, 0.2) is 24.3 Å². The standard InChI is InChI=1S/C19H24N6O2/c1-27-16(26)14-6-8-15(9-7-14)20-17-21-18(24-10-2-3-11-24)23-19(22-17)25-12-4-5-13-25/h6-9H,2-5,10-13H2,1H3,(H,20,21,22,23). The molecular formula is C19H24N6O2. The summed E-state index contributed by atoms with van der Waals surface area (Å²) in [7, 11) is 1.37. The number of esters is 1. The summed E-state index contributed by atoms with van der Waals surface area (Å²) in [4.78, 5) is 30.0. The van der Waals surface area contributed by atoms with Gasteiger partial charge in [-0.15, -0.1) is 0 Å². The van der Waals surface area contributed by atoms with Crippen molar-refractivity contribution in [2.75, 3.05) is 48.4 Å². The van der Waals surface area contributed by atoms with Crippen LogP contribution >= 0.6 is 0 Å². The highest BCUT2D eigenvalue weighted by Gasteiger charge is 2.21. The van der Waals surface area contributed by atoms with Gasteiger partial charge in [0.25, 0.3) is 0 Å². The average Bonchev–Trinajstić information content (AvgIpc) is 3.41. The molecule has 1 aromatic carbocycles. The summed E-state index contributed by atoms with van der Waals surface area (Å²) < 4.78 is 4.74. The zero-order chi connectivity index (χ0) is 18.6. The third-order valence-corrected chi connectivity index (χ3v) is 4.95. The van der Waals surface area contributed by atoms with Crippen LogP contribution in [0, 0.1) is 0 Å². The van der Waals surface area contributed by atoms with E-state index in [0.29, 0.717) is 11.5 Å². The van der Waals surface area contributed by atoms with Gasteiger partial charge in [0, 0.05) is 31.9 Å². The van der Waals surface area contributed by atoms with E-state index in [-0.39, 0.29) is 5.97 Å². The second-order valence-corrected chi connectivity index (χ2v) is 6.84. The van der Waals surface area contributed by atoms with E-state index in [1.807, 2.05) is 12.1 Å². The van der Waals surface area contributed by atoms with Gasteiger partial charge in [-0.25, -0.2) is 4.79 Å². The average molecular weight is 368 g/mol. The first-order chi connectivity index (χ1) is 13.2. The van der Waals surface area contributed by atoms with Gasteiger partial charge in [-0.05, 0) is 49.9 Å². The Morgan fingerprint density at radius 3 is 1.89 bits per heavy atom. The Bertz CT molecular complexity index is 764. The third-order valence-electron chi connectivity index (χ3n) is 4.95. The third kappa shape index (κ3) is 3.94. The van der Waals surface area contributed by atoms with Gasteiger partial charge in [-0.2, -0.15) is 15.0 Å². The van der Waals surface area contributed by atoms with E-state index in [4.69, 9.17) is 9.72 Å². The molecule has 2 fully saturated rings. The molecule has 2 saturated heterocycles. The Morgan fingerprint density at radius 2 is 1.41 bits per heavy atom. The molecule has 1 aromatic heterocycles. The first-order valence-corrected chi connectivity index (χ1v) is 9.44. The molecule has 0 atom stereocenters. The molecule has 2 aliphatic rings. The highest BCUT2D eigenvalue weighted by molar-refractivity contribution is 5.89. The number of rotatable bonds is 5. The maximum absolute atomic E-state index is 11.6. The fourth-order valence-corrected chi connectivity index (χ4v) is 3.46. The molecule has 4 rings (SSSR count). The topological polar surface area (TPSA) is 83.5 Å². The molecule has 0 saturated carbocycles. The van der Waals surface area contributed by atoms with Crippen molar-refractivity contribution in [2.45, 2.75) is 25.7 Å². The van der Waals surface area contributed by atoms with E-state index >= 15 is 0 Å². The van der Waals surface area contributed by atoms with Crippen molar-refractivity contribution in [2.24, 2.45) is 0 Å². The summed E-state index contributed by atoms with van der Waals surface area (Å²) >= 11 is 0. The van der Waals surface area contributed by atoms with Crippen LogP contribution in [0.2, 0.25) is 0 Å². The molecule has 27 heavy (non-hydrogen) atoms. The van der Waals surface area contributed by atoms with Crippen LogP contribution in [0.4, 0.5) is 23.5 Å². The maximum Gasteiger partial charge on any atom is 0.337 e. The molecular weight excluding hydrogens is 344 g/mol. The SMILES string of the molecule is COC(=O)c1ccc(Nc2nc(N3CCCC3)nc(N3CCCC3)n2)cc1. The summed E-state index contributed by atoms with van der Waals surface area (Å²) in [6, 6.07) is 7.08. The minimum atomic E-state index is -0.352. The van der Waals surface area contributed by atoms with E-state index < -0.39 is 0 Å². The van der Waals surface area contributed by atoms with Crippen molar-refractivity contribution in [3.63, 3.8) is 0 Å². The zero-order valence-electron chi connectivity index (χ0n) is 15.5. The monoisotopic (exact) mass is 368 g/mol. The lowest BCUT2D eigenvalue weighted by molar-refractivity contribution is 0.0601. The number of aromatic nitrogens is 3. The van der Waals surface area contributed by atoms with Crippen LogP contribution < -0.4 is 15.1 Å². The number of hydrogen-bond donors (Lipinski definition) is 1. The molecule has 1 N–H and O–H groups in total. The lowest BCUT2D eigenvalue weighted by Crippen LogP contribution is -2.25. The van der Waals surface area contributed by atoms with Crippen LogP contribution in [-0.2, 0) is 4.74 Å². The van der Waals surface area contributed by atoms with Crippen molar-refractivity contribution < 1.29 is 9.53 Å². The Hall–Kier alpha value is -2.90.